The molecule has 1 saturated heterocycles. The highest BCUT2D eigenvalue weighted by molar-refractivity contribution is 5.83. The molecule has 1 amide bonds. The largest absolute Gasteiger partial charge is 0.480 e. The van der Waals surface area contributed by atoms with Gasteiger partial charge in [-0.2, -0.15) is 0 Å². The predicted molar refractivity (Wildman–Crippen MR) is 44.2 cm³/mol. The Balaban J connectivity index is 2.71. The number of rotatable bonds is 2. The molecule has 74 valence electrons. The van der Waals surface area contributed by atoms with Crippen molar-refractivity contribution in [3.63, 3.8) is 0 Å². The summed E-state index contributed by atoms with van der Waals surface area (Å²) in [6.07, 6.45) is 0.232. The maximum Gasteiger partial charge on any atom is 0.326 e. The van der Waals surface area contributed by atoms with Crippen molar-refractivity contribution in [1.29, 1.82) is 0 Å². The number of carbonyl (C=O) groups is 2. The number of carboxylic acids is 1. The topological polar surface area (TPSA) is 66.8 Å². The number of carbonyl (C=O) groups excluding carboxylic acids is 1. The third kappa shape index (κ3) is 1.98. The summed E-state index contributed by atoms with van der Waals surface area (Å²) < 4.78 is 5.01. The number of amides is 1. The maximum atomic E-state index is 11.0. The summed E-state index contributed by atoms with van der Waals surface area (Å²) in [5, 5.41) is 8.80. The van der Waals surface area contributed by atoms with Gasteiger partial charge in [0.15, 0.2) is 0 Å². The van der Waals surface area contributed by atoms with Crippen LogP contribution in [0.1, 0.15) is 13.3 Å². The lowest BCUT2D eigenvalue weighted by Gasteiger charge is -2.18. The highest BCUT2D eigenvalue weighted by atomic mass is 16.5. The zero-order valence-electron chi connectivity index (χ0n) is 7.69. The second-order valence-electron chi connectivity index (χ2n) is 3.12. The Kier molecular flexibility index (Phi) is 2.87. The molecule has 0 spiro atoms. The smallest absolute Gasteiger partial charge is 0.326 e. The summed E-state index contributed by atoms with van der Waals surface area (Å²) in [5.41, 5.74) is 0. The number of nitrogens with zero attached hydrogens (tertiary/aromatic N) is 1. The van der Waals surface area contributed by atoms with E-state index >= 15 is 0 Å². The van der Waals surface area contributed by atoms with E-state index in [2.05, 4.69) is 0 Å². The van der Waals surface area contributed by atoms with Crippen molar-refractivity contribution in [2.45, 2.75) is 25.5 Å². The number of aliphatic carboxylic acids is 1. The van der Waals surface area contributed by atoms with Gasteiger partial charge in [-0.25, -0.2) is 4.79 Å². The Bertz CT molecular complexity index is 206. The second kappa shape index (κ2) is 3.74. The average Bonchev–Trinajstić information content (AvgIpc) is 2.47. The average molecular weight is 187 g/mol. The fourth-order valence-electron chi connectivity index (χ4n) is 1.55. The number of methoxy groups -OCH3 is 1. The molecule has 0 radical (unpaired) electrons. The minimum atomic E-state index is -0.963. The third-order valence-corrected chi connectivity index (χ3v) is 2.29. The molecule has 0 aromatic rings. The fourth-order valence-corrected chi connectivity index (χ4v) is 1.55. The standard InChI is InChI=1S/C8H13NO4/c1-5(10)9-4-6(13-2)3-7(9)8(11)12/h6-7H,3-4H2,1-2H3,(H,11,12)/t6?,7-/m0/s1. The Labute approximate surface area is 76.3 Å². The number of likely N-dealkylation sites (tertiary alicyclic amines) is 1. The molecule has 0 saturated carbocycles. The predicted octanol–water partition coefficient (Wildman–Crippen LogP) is -0.293. The number of carboxylic acid groups (broad SMARTS) is 1. The van der Waals surface area contributed by atoms with Gasteiger partial charge in [0.2, 0.25) is 5.91 Å². The van der Waals surface area contributed by atoms with Gasteiger partial charge in [0.1, 0.15) is 6.04 Å². The van der Waals surface area contributed by atoms with Gasteiger partial charge in [-0.05, 0) is 0 Å². The Morgan fingerprint density at radius 1 is 1.54 bits per heavy atom. The van der Waals surface area contributed by atoms with Crippen LogP contribution in [-0.2, 0) is 14.3 Å². The SMILES string of the molecule is COC1C[C@@H](C(=O)O)N(C(C)=O)C1. The molecule has 5 heteroatoms. The molecule has 1 aliphatic heterocycles. The third-order valence-electron chi connectivity index (χ3n) is 2.29. The molecular weight excluding hydrogens is 174 g/mol. The van der Waals surface area contributed by atoms with E-state index in [1.807, 2.05) is 0 Å². The lowest BCUT2D eigenvalue weighted by Crippen LogP contribution is -2.39. The van der Waals surface area contributed by atoms with Crippen LogP contribution >= 0.6 is 0 Å². The molecule has 1 unspecified atom stereocenters. The summed E-state index contributed by atoms with van der Waals surface area (Å²) in [5.74, 6) is -1.18. The molecular formula is C8H13NO4. The van der Waals surface area contributed by atoms with Crippen molar-refractivity contribution in [1.82, 2.24) is 4.90 Å². The van der Waals surface area contributed by atoms with Crippen molar-refractivity contribution in [3.05, 3.63) is 0 Å². The van der Waals surface area contributed by atoms with Gasteiger partial charge in [0, 0.05) is 27.0 Å². The van der Waals surface area contributed by atoms with E-state index in [4.69, 9.17) is 9.84 Å². The molecule has 1 fully saturated rings. The van der Waals surface area contributed by atoms with Gasteiger partial charge < -0.3 is 14.7 Å². The van der Waals surface area contributed by atoms with E-state index in [-0.39, 0.29) is 12.0 Å². The van der Waals surface area contributed by atoms with E-state index in [0.717, 1.165) is 0 Å². The normalized spacial score (nSPS) is 27.7. The quantitative estimate of drug-likeness (QED) is 0.645. The van der Waals surface area contributed by atoms with Crippen LogP contribution in [0.2, 0.25) is 0 Å². The molecule has 0 bridgehead atoms. The maximum absolute atomic E-state index is 11.0. The summed E-state index contributed by atoms with van der Waals surface area (Å²) in [6, 6.07) is -0.720. The van der Waals surface area contributed by atoms with Crippen molar-refractivity contribution in [2.75, 3.05) is 13.7 Å². The highest BCUT2D eigenvalue weighted by Gasteiger charge is 2.38. The van der Waals surface area contributed by atoms with Crippen LogP contribution in [-0.4, -0.2) is 47.7 Å². The zero-order chi connectivity index (χ0) is 10.0. The van der Waals surface area contributed by atoms with Gasteiger partial charge in [0.05, 0.1) is 6.10 Å². The van der Waals surface area contributed by atoms with Gasteiger partial charge in [-0.1, -0.05) is 0 Å². The van der Waals surface area contributed by atoms with Gasteiger partial charge >= 0.3 is 5.97 Å². The van der Waals surface area contributed by atoms with Gasteiger partial charge in [-0.15, -0.1) is 0 Å². The van der Waals surface area contributed by atoms with Gasteiger partial charge in [-0.3, -0.25) is 4.79 Å². The van der Waals surface area contributed by atoms with Crippen LogP contribution in [0.25, 0.3) is 0 Å². The van der Waals surface area contributed by atoms with E-state index in [0.29, 0.717) is 13.0 Å². The summed E-state index contributed by atoms with van der Waals surface area (Å²) in [4.78, 5) is 23.1. The van der Waals surface area contributed by atoms with E-state index in [1.165, 1.54) is 18.9 Å². The Morgan fingerprint density at radius 2 is 2.15 bits per heavy atom. The van der Waals surface area contributed by atoms with Crippen LogP contribution in [0.3, 0.4) is 0 Å². The Morgan fingerprint density at radius 3 is 2.46 bits per heavy atom. The number of ether oxygens (including phenoxy) is 1. The first-order chi connectivity index (χ1) is 6.06. The highest BCUT2D eigenvalue weighted by Crippen LogP contribution is 2.19. The van der Waals surface area contributed by atoms with Crippen LogP contribution in [0.15, 0.2) is 0 Å². The van der Waals surface area contributed by atoms with E-state index in [9.17, 15) is 9.59 Å². The molecule has 1 rings (SSSR count). The molecule has 13 heavy (non-hydrogen) atoms. The first-order valence-electron chi connectivity index (χ1n) is 4.09. The lowest BCUT2D eigenvalue weighted by molar-refractivity contribution is -0.147. The summed E-state index contributed by atoms with van der Waals surface area (Å²) in [6.45, 7) is 1.75. The minimum Gasteiger partial charge on any atom is -0.480 e. The van der Waals surface area contributed by atoms with Crippen LogP contribution in [0.4, 0.5) is 0 Å². The molecule has 0 aliphatic carbocycles. The monoisotopic (exact) mass is 187 g/mol. The van der Waals surface area contributed by atoms with Crippen molar-refractivity contribution in [3.8, 4) is 0 Å². The zero-order valence-corrected chi connectivity index (χ0v) is 7.69. The molecule has 5 nitrogen and oxygen atoms in total. The molecule has 2 atom stereocenters. The Hall–Kier alpha value is -1.10. The molecule has 0 aromatic carbocycles. The number of hydrogen-bond acceptors (Lipinski definition) is 3. The van der Waals surface area contributed by atoms with Crippen molar-refractivity contribution < 1.29 is 19.4 Å². The second-order valence-corrected chi connectivity index (χ2v) is 3.12. The first kappa shape index (κ1) is 9.98. The van der Waals surface area contributed by atoms with Crippen molar-refractivity contribution >= 4 is 11.9 Å². The fraction of sp³-hybridized carbons (Fsp3) is 0.750. The summed E-state index contributed by atoms with van der Waals surface area (Å²) in [7, 11) is 1.52. The van der Waals surface area contributed by atoms with Crippen LogP contribution in [0, 0.1) is 0 Å². The molecule has 1 heterocycles. The van der Waals surface area contributed by atoms with Crippen molar-refractivity contribution in [2.24, 2.45) is 0 Å². The summed E-state index contributed by atoms with van der Waals surface area (Å²) >= 11 is 0. The molecule has 1 aliphatic rings. The first-order valence-corrected chi connectivity index (χ1v) is 4.09. The van der Waals surface area contributed by atoms with E-state index < -0.39 is 12.0 Å². The van der Waals surface area contributed by atoms with Gasteiger partial charge in [0.25, 0.3) is 0 Å². The number of hydrogen-bond donors (Lipinski definition) is 1. The van der Waals surface area contributed by atoms with Crippen LogP contribution < -0.4 is 0 Å². The molecule has 0 aromatic heterocycles. The molecule has 1 N–H and O–H groups in total. The minimum absolute atomic E-state index is 0.148. The lowest BCUT2D eigenvalue weighted by atomic mass is 10.2. The van der Waals surface area contributed by atoms with E-state index in [1.54, 1.807) is 0 Å². The van der Waals surface area contributed by atoms with Crippen LogP contribution in [0.5, 0.6) is 0 Å².